The Morgan fingerprint density at radius 2 is 1.93 bits per heavy atom. The van der Waals surface area contributed by atoms with Crippen molar-refractivity contribution >= 4 is 5.71 Å². The normalized spacial score (nSPS) is 11.6. The highest BCUT2D eigenvalue weighted by atomic mass is 16.5. The minimum atomic E-state index is 0.619. The van der Waals surface area contributed by atoms with E-state index in [0.717, 1.165) is 22.4 Å². The van der Waals surface area contributed by atoms with Crippen molar-refractivity contribution in [2.45, 2.75) is 20.8 Å². The van der Waals surface area contributed by atoms with E-state index in [-0.39, 0.29) is 0 Å². The van der Waals surface area contributed by atoms with Gasteiger partial charge >= 0.3 is 0 Å². The van der Waals surface area contributed by atoms with Gasteiger partial charge in [0.25, 0.3) is 0 Å². The lowest BCUT2D eigenvalue weighted by molar-refractivity contribution is 0.319. The predicted octanol–water partition coefficient (Wildman–Crippen LogP) is 2.51. The molecule has 0 fully saturated rings. The van der Waals surface area contributed by atoms with Crippen LogP contribution < -0.4 is 4.74 Å². The van der Waals surface area contributed by atoms with Crippen LogP contribution in [0.2, 0.25) is 0 Å². The number of oxime groups is 1. The minimum absolute atomic E-state index is 0.619. The molecule has 0 heterocycles. The van der Waals surface area contributed by atoms with Crippen LogP contribution >= 0.6 is 0 Å². The fourth-order valence-electron chi connectivity index (χ4n) is 1.45. The quantitative estimate of drug-likeness (QED) is 0.445. The smallest absolute Gasteiger partial charge is 0.122 e. The summed E-state index contributed by atoms with van der Waals surface area (Å²) in [4.78, 5) is 0. The standard InChI is InChI=1S/C11H15NO2/c1-7-6-11(14-4)8(2)5-10(7)9(3)12-13/h5-6,13H,1-4H3/b12-9+. The Balaban J connectivity index is 3.29. The molecule has 0 spiro atoms. The number of hydrogen-bond donors (Lipinski definition) is 1. The van der Waals surface area contributed by atoms with E-state index < -0.39 is 0 Å². The Bertz CT molecular complexity index is 370. The highest BCUT2D eigenvalue weighted by Crippen LogP contribution is 2.22. The first-order chi connectivity index (χ1) is 6.60. The fraction of sp³-hybridized carbons (Fsp3) is 0.364. The third-order valence-electron chi connectivity index (χ3n) is 2.28. The number of hydrogen-bond acceptors (Lipinski definition) is 3. The predicted molar refractivity (Wildman–Crippen MR) is 56.5 cm³/mol. The Hall–Kier alpha value is -1.51. The third kappa shape index (κ3) is 1.87. The van der Waals surface area contributed by atoms with Crippen LogP contribution in [-0.4, -0.2) is 18.0 Å². The van der Waals surface area contributed by atoms with Gasteiger partial charge in [-0.2, -0.15) is 0 Å². The van der Waals surface area contributed by atoms with Gasteiger partial charge in [0.15, 0.2) is 0 Å². The topological polar surface area (TPSA) is 41.8 Å². The summed E-state index contributed by atoms with van der Waals surface area (Å²) in [6.45, 7) is 5.70. The maximum atomic E-state index is 8.69. The van der Waals surface area contributed by atoms with Gasteiger partial charge in [-0.25, -0.2) is 0 Å². The Labute approximate surface area is 84.0 Å². The molecule has 0 aliphatic heterocycles. The summed E-state index contributed by atoms with van der Waals surface area (Å²) in [7, 11) is 1.65. The van der Waals surface area contributed by atoms with Crippen molar-refractivity contribution in [1.82, 2.24) is 0 Å². The van der Waals surface area contributed by atoms with Crippen LogP contribution in [0.3, 0.4) is 0 Å². The molecule has 0 amide bonds. The molecule has 0 saturated carbocycles. The van der Waals surface area contributed by atoms with Crippen molar-refractivity contribution < 1.29 is 9.94 Å². The third-order valence-corrected chi connectivity index (χ3v) is 2.28. The lowest BCUT2D eigenvalue weighted by atomic mass is 10.0. The fourth-order valence-corrected chi connectivity index (χ4v) is 1.45. The number of ether oxygens (including phenoxy) is 1. The van der Waals surface area contributed by atoms with Crippen molar-refractivity contribution in [3.05, 3.63) is 28.8 Å². The van der Waals surface area contributed by atoms with Gasteiger partial charge < -0.3 is 9.94 Å². The summed E-state index contributed by atoms with van der Waals surface area (Å²) in [6.07, 6.45) is 0. The molecule has 0 atom stereocenters. The van der Waals surface area contributed by atoms with E-state index >= 15 is 0 Å². The molecule has 0 unspecified atom stereocenters. The highest BCUT2D eigenvalue weighted by Gasteiger charge is 2.07. The first kappa shape index (κ1) is 10.6. The average Bonchev–Trinajstić information content (AvgIpc) is 2.19. The molecular weight excluding hydrogens is 178 g/mol. The lowest BCUT2D eigenvalue weighted by Gasteiger charge is -2.10. The van der Waals surface area contributed by atoms with Gasteiger partial charge in [0.05, 0.1) is 12.8 Å². The molecule has 0 bridgehead atoms. The van der Waals surface area contributed by atoms with E-state index in [1.54, 1.807) is 14.0 Å². The molecule has 1 N–H and O–H groups in total. The molecule has 3 heteroatoms. The maximum absolute atomic E-state index is 8.69. The maximum Gasteiger partial charge on any atom is 0.122 e. The molecule has 3 nitrogen and oxygen atoms in total. The SMILES string of the molecule is COc1cc(C)c(/C(C)=N/O)cc1C. The van der Waals surface area contributed by atoms with Gasteiger partial charge in [0, 0.05) is 5.56 Å². The second-order valence-corrected chi connectivity index (χ2v) is 3.32. The van der Waals surface area contributed by atoms with Gasteiger partial charge in [-0.15, -0.1) is 0 Å². The van der Waals surface area contributed by atoms with Crippen LogP contribution in [0.25, 0.3) is 0 Å². The number of benzene rings is 1. The lowest BCUT2D eigenvalue weighted by Crippen LogP contribution is -2.00. The molecule has 0 saturated heterocycles. The monoisotopic (exact) mass is 193 g/mol. The van der Waals surface area contributed by atoms with E-state index in [0.29, 0.717) is 5.71 Å². The van der Waals surface area contributed by atoms with Crippen molar-refractivity contribution in [2.75, 3.05) is 7.11 Å². The largest absolute Gasteiger partial charge is 0.496 e. The molecule has 1 rings (SSSR count). The zero-order valence-electron chi connectivity index (χ0n) is 8.96. The van der Waals surface area contributed by atoms with E-state index in [4.69, 9.17) is 9.94 Å². The Morgan fingerprint density at radius 1 is 1.29 bits per heavy atom. The number of methoxy groups -OCH3 is 1. The zero-order chi connectivity index (χ0) is 10.7. The Kier molecular flexibility index (Phi) is 3.12. The molecule has 1 aromatic carbocycles. The molecule has 0 radical (unpaired) electrons. The van der Waals surface area contributed by atoms with E-state index in [9.17, 15) is 0 Å². The number of nitrogens with zero attached hydrogens (tertiary/aromatic N) is 1. The minimum Gasteiger partial charge on any atom is -0.496 e. The first-order valence-corrected chi connectivity index (χ1v) is 4.44. The molecule has 0 aliphatic rings. The van der Waals surface area contributed by atoms with Crippen molar-refractivity contribution in [1.29, 1.82) is 0 Å². The molecule has 14 heavy (non-hydrogen) atoms. The first-order valence-electron chi connectivity index (χ1n) is 4.44. The van der Waals surface area contributed by atoms with Gasteiger partial charge in [0.2, 0.25) is 0 Å². The van der Waals surface area contributed by atoms with Crippen LogP contribution in [0.1, 0.15) is 23.6 Å². The van der Waals surface area contributed by atoms with E-state index in [1.807, 2.05) is 26.0 Å². The van der Waals surface area contributed by atoms with Crippen LogP contribution in [0.4, 0.5) is 0 Å². The van der Waals surface area contributed by atoms with Gasteiger partial charge in [-0.3, -0.25) is 0 Å². The van der Waals surface area contributed by atoms with Crippen LogP contribution in [-0.2, 0) is 0 Å². The summed E-state index contributed by atoms with van der Waals surface area (Å²) in [5.41, 5.74) is 3.65. The summed E-state index contributed by atoms with van der Waals surface area (Å²) in [5.74, 6) is 0.858. The molecule has 1 aromatic rings. The van der Waals surface area contributed by atoms with Crippen molar-refractivity contribution in [3.63, 3.8) is 0 Å². The second kappa shape index (κ2) is 4.13. The number of rotatable bonds is 2. The van der Waals surface area contributed by atoms with Gasteiger partial charge in [-0.05, 0) is 44.0 Å². The van der Waals surface area contributed by atoms with Gasteiger partial charge in [0.1, 0.15) is 5.75 Å². The van der Waals surface area contributed by atoms with Crippen molar-refractivity contribution in [2.24, 2.45) is 5.16 Å². The highest BCUT2D eigenvalue weighted by molar-refractivity contribution is 5.99. The molecule has 0 aliphatic carbocycles. The Morgan fingerprint density at radius 3 is 2.43 bits per heavy atom. The molecule has 76 valence electrons. The molecule has 0 aromatic heterocycles. The van der Waals surface area contributed by atoms with E-state index in [2.05, 4.69) is 5.16 Å². The number of aryl methyl sites for hydroxylation is 2. The summed E-state index contributed by atoms with van der Waals surface area (Å²) in [6, 6.07) is 3.91. The van der Waals surface area contributed by atoms with Crippen molar-refractivity contribution in [3.8, 4) is 5.75 Å². The van der Waals surface area contributed by atoms with Crippen LogP contribution in [0, 0.1) is 13.8 Å². The second-order valence-electron chi connectivity index (χ2n) is 3.32. The van der Waals surface area contributed by atoms with Crippen LogP contribution in [0.5, 0.6) is 5.75 Å². The summed E-state index contributed by atoms with van der Waals surface area (Å²) in [5, 5.41) is 11.9. The summed E-state index contributed by atoms with van der Waals surface area (Å²) < 4.78 is 5.19. The van der Waals surface area contributed by atoms with E-state index in [1.165, 1.54) is 0 Å². The molecular formula is C11H15NO2. The summed E-state index contributed by atoms with van der Waals surface area (Å²) >= 11 is 0. The zero-order valence-corrected chi connectivity index (χ0v) is 8.96. The van der Waals surface area contributed by atoms with Crippen LogP contribution in [0.15, 0.2) is 17.3 Å². The van der Waals surface area contributed by atoms with Gasteiger partial charge in [-0.1, -0.05) is 5.16 Å². The average molecular weight is 193 g/mol.